The highest BCUT2D eigenvalue weighted by atomic mass is 16.2. The quantitative estimate of drug-likeness (QED) is 0.718. The average molecular weight is 210 g/mol. The summed E-state index contributed by atoms with van der Waals surface area (Å²) in [5.74, 6) is 0.431. The Morgan fingerprint density at radius 3 is 2.27 bits per heavy atom. The molecule has 1 aliphatic carbocycles. The molecule has 0 radical (unpaired) electrons. The molecular weight excluding hydrogens is 188 g/mol. The van der Waals surface area contributed by atoms with E-state index in [1.54, 1.807) is 0 Å². The van der Waals surface area contributed by atoms with Crippen LogP contribution in [0.25, 0.3) is 0 Å². The summed E-state index contributed by atoms with van der Waals surface area (Å²) in [5.41, 5.74) is 0.489. The van der Waals surface area contributed by atoms with Gasteiger partial charge in [-0.3, -0.25) is 4.79 Å². The summed E-state index contributed by atoms with van der Waals surface area (Å²) >= 11 is 0. The Balaban J connectivity index is 1.91. The molecule has 0 aromatic carbocycles. The largest absolute Gasteiger partial charge is 0.352 e. The maximum absolute atomic E-state index is 11.9. The van der Waals surface area contributed by atoms with Gasteiger partial charge < -0.3 is 10.6 Å². The molecule has 15 heavy (non-hydrogen) atoms. The van der Waals surface area contributed by atoms with Crippen molar-refractivity contribution in [2.45, 2.75) is 40.2 Å². The molecule has 2 aliphatic rings. The van der Waals surface area contributed by atoms with Crippen molar-refractivity contribution in [2.24, 2.45) is 16.7 Å². The fraction of sp³-hybridized carbons (Fsp3) is 0.917. The van der Waals surface area contributed by atoms with Gasteiger partial charge in [0.15, 0.2) is 0 Å². The highest BCUT2D eigenvalue weighted by Gasteiger charge is 2.65. The van der Waals surface area contributed by atoms with Crippen LogP contribution in [0.2, 0.25) is 0 Å². The molecule has 0 spiro atoms. The third kappa shape index (κ3) is 1.57. The van der Waals surface area contributed by atoms with Gasteiger partial charge in [0.25, 0.3) is 0 Å². The second kappa shape index (κ2) is 3.21. The molecule has 1 atom stereocenters. The SMILES string of the molecule is CC1(C)C(NC(=O)[C@H]2CCNC2)C1(C)C. The molecule has 3 nitrogen and oxygen atoms in total. The fourth-order valence-corrected chi connectivity index (χ4v) is 2.70. The first-order valence-corrected chi connectivity index (χ1v) is 5.88. The molecule has 0 bridgehead atoms. The van der Waals surface area contributed by atoms with Crippen LogP contribution in [-0.4, -0.2) is 25.0 Å². The highest BCUT2D eigenvalue weighted by molar-refractivity contribution is 5.80. The minimum atomic E-state index is 0.192. The van der Waals surface area contributed by atoms with E-state index < -0.39 is 0 Å². The van der Waals surface area contributed by atoms with Gasteiger partial charge in [0.1, 0.15) is 0 Å². The van der Waals surface area contributed by atoms with Crippen LogP contribution < -0.4 is 10.6 Å². The van der Waals surface area contributed by atoms with E-state index in [0.717, 1.165) is 19.5 Å². The van der Waals surface area contributed by atoms with Crippen molar-refractivity contribution in [3.63, 3.8) is 0 Å². The van der Waals surface area contributed by atoms with E-state index in [4.69, 9.17) is 0 Å². The summed E-state index contributed by atoms with van der Waals surface area (Å²) in [5, 5.41) is 6.42. The van der Waals surface area contributed by atoms with Crippen LogP contribution in [-0.2, 0) is 4.79 Å². The summed E-state index contributed by atoms with van der Waals surface area (Å²) in [6.45, 7) is 10.7. The maximum atomic E-state index is 11.9. The third-order valence-electron chi connectivity index (χ3n) is 4.74. The van der Waals surface area contributed by atoms with Crippen molar-refractivity contribution < 1.29 is 4.79 Å². The highest BCUT2D eigenvalue weighted by Crippen LogP contribution is 2.62. The van der Waals surface area contributed by atoms with Gasteiger partial charge in [-0.05, 0) is 23.8 Å². The van der Waals surface area contributed by atoms with E-state index >= 15 is 0 Å². The van der Waals surface area contributed by atoms with Crippen molar-refractivity contribution in [2.75, 3.05) is 13.1 Å². The Morgan fingerprint density at radius 2 is 1.87 bits per heavy atom. The summed E-state index contributed by atoms with van der Waals surface area (Å²) < 4.78 is 0. The average Bonchev–Trinajstić information content (AvgIpc) is 2.65. The third-order valence-corrected chi connectivity index (χ3v) is 4.74. The van der Waals surface area contributed by atoms with Gasteiger partial charge in [-0.15, -0.1) is 0 Å². The first-order valence-electron chi connectivity index (χ1n) is 5.88. The van der Waals surface area contributed by atoms with E-state index in [0.29, 0.717) is 6.04 Å². The summed E-state index contributed by atoms with van der Waals surface area (Å²) in [7, 11) is 0. The molecule has 1 saturated heterocycles. The zero-order valence-electron chi connectivity index (χ0n) is 10.2. The Kier molecular flexibility index (Phi) is 2.34. The summed E-state index contributed by atoms with van der Waals surface area (Å²) in [6.07, 6.45) is 0.986. The van der Waals surface area contributed by atoms with Crippen LogP contribution in [0.5, 0.6) is 0 Å². The van der Waals surface area contributed by atoms with Crippen LogP contribution in [0.3, 0.4) is 0 Å². The predicted molar refractivity (Wildman–Crippen MR) is 60.5 cm³/mol. The molecule has 1 saturated carbocycles. The lowest BCUT2D eigenvalue weighted by atomic mass is 10.0. The van der Waals surface area contributed by atoms with Crippen molar-refractivity contribution in [3.8, 4) is 0 Å². The molecule has 2 rings (SSSR count). The molecule has 3 heteroatoms. The molecule has 1 heterocycles. The van der Waals surface area contributed by atoms with Crippen molar-refractivity contribution in [1.82, 2.24) is 10.6 Å². The van der Waals surface area contributed by atoms with Crippen molar-refractivity contribution in [1.29, 1.82) is 0 Å². The lowest BCUT2D eigenvalue weighted by Gasteiger charge is -2.11. The first kappa shape index (κ1) is 10.9. The molecule has 2 N–H and O–H groups in total. The summed E-state index contributed by atoms with van der Waals surface area (Å²) in [4.78, 5) is 11.9. The van der Waals surface area contributed by atoms with Crippen LogP contribution >= 0.6 is 0 Å². The van der Waals surface area contributed by atoms with Crippen LogP contribution in [0.1, 0.15) is 34.1 Å². The zero-order valence-corrected chi connectivity index (χ0v) is 10.2. The number of amides is 1. The molecule has 0 unspecified atom stereocenters. The van der Waals surface area contributed by atoms with Crippen molar-refractivity contribution in [3.05, 3.63) is 0 Å². The molecular formula is C12H22N2O. The molecule has 2 fully saturated rings. The Bertz CT molecular complexity index is 263. The molecule has 86 valence electrons. The van der Waals surface area contributed by atoms with Gasteiger partial charge in [-0.1, -0.05) is 27.7 Å². The van der Waals surface area contributed by atoms with Crippen molar-refractivity contribution >= 4 is 5.91 Å². The van der Waals surface area contributed by atoms with E-state index in [1.807, 2.05) is 0 Å². The van der Waals surface area contributed by atoms with E-state index in [2.05, 4.69) is 38.3 Å². The lowest BCUT2D eigenvalue weighted by molar-refractivity contribution is -0.124. The van der Waals surface area contributed by atoms with Crippen LogP contribution in [0, 0.1) is 16.7 Å². The lowest BCUT2D eigenvalue weighted by Crippen LogP contribution is -2.36. The number of rotatable bonds is 2. The Labute approximate surface area is 92.0 Å². The summed E-state index contributed by atoms with van der Waals surface area (Å²) in [6, 6.07) is 0.345. The van der Waals surface area contributed by atoms with E-state index in [9.17, 15) is 4.79 Å². The Morgan fingerprint density at radius 1 is 1.27 bits per heavy atom. The Hall–Kier alpha value is -0.570. The van der Waals surface area contributed by atoms with Gasteiger partial charge in [0, 0.05) is 12.6 Å². The normalized spacial score (nSPS) is 32.7. The number of carbonyl (C=O) groups is 1. The zero-order chi connectivity index (χ0) is 11.3. The van der Waals surface area contributed by atoms with Gasteiger partial charge in [0.05, 0.1) is 5.92 Å². The topological polar surface area (TPSA) is 41.1 Å². The smallest absolute Gasteiger partial charge is 0.224 e. The molecule has 1 amide bonds. The second-order valence-corrected chi connectivity index (χ2v) is 6.07. The second-order valence-electron chi connectivity index (χ2n) is 6.07. The van der Waals surface area contributed by atoms with E-state index in [-0.39, 0.29) is 22.7 Å². The maximum Gasteiger partial charge on any atom is 0.224 e. The van der Waals surface area contributed by atoms with Gasteiger partial charge in [0.2, 0.25) is 5.91 Å². The fourth-order valence-electron chi connectivity index (χ4n) is 2.70. The number of carbonyl (C=O) groups excluding carboxylic acids is 1. The standard InChI is InChI=1S/C12H22N2O/c1-11(2)10(12(11,3)4)14-9(15)8-5-6-13-7-8/h8,10,13H,5-7H2,1-4H3,(H,14,15)/t8-/m0/s1. The predicted octanol–water partition coefficient (Wildman–Crippen LogP) is 1.15. The van der Waals surface area contributed by atoms with Gasteiger partial charge in [-0.2, -0.15) is 0 Å². The van der Waals surface area contributed by atoms with Crippen LogP contribution in [0.4, 0.5) is 0 Å². The van der Waals surface area contributed by atoms with Crippen LogP contribution in [0.15, 0.2) is 0 Å². The van der Waals surface area contributed by atoms with Gasteiger partial charge in [-0.25, -0.2) is 0 Å². The van der Waals surface area contributed by atoms with Gasteiger partial charge >= 0.3 is 0 Å². The van der Waals surface area contributed by atoms with E-state index in [1.165, 1.54) is 0 Å². The molecule has 0 aromatic heterocycles. The number of nitrogens with one attached hydrogen (secondary N) is 2. The molecule has 1 aliphatic heterocycles. The number of hydrogen-bond donors (Lipinski definition) is 2. The monoisotopic (exact) mass is 210 g/mol. The minimum Gasteiger partial charge on any atom is -0.352 e. The minimum absolute atomic E-state index is 0.192. The molecule has 0 aromatic rings. The number of hydrogen-bond acceptors (Lipinski definition) is 2. The first-order chi connectivity index (χ1) is 6.87.